The minimum absolute atomic E-state index is 0.0241. The predicted molar refractivity (Wildman–Crippen MR) is 38.4 cm³/mol. The Hall–Kier alpha value is -0.490. The lowest BCUT2D eigenvalue weighted by atomic mass is 10.0. The van der Waals surface area contributed by atoms with Gasteiger partial charge in [-0.2, -0.15) is 0 Å². The molecule has 1 fully saturated rings. The van der Waals surface area contributed by atoms with Crippen LogP contribution in [0.2, 0.25) is 0 Å². The summed E-state index contributed by atoms with van der Waals surface area (Å²) >= 11 is 0. The normalized spacial score (nSPS) is 36.9. The molecular formula is C7H12O5. The van der Waals surface area contributed by atoms with E-state index in [0.29, 0.717) is 0 Å². The Kier molecular flexibility index (Phi) is 3.16. The van der Waals surface area contributed by atoms with Crippen molar-refractivity contribution in [2.45, 2.75) is 24.9 Å². The van der Waals surface area contributed by atoms with Crippen molar-refractivity contribution in [3.8, 4) is 0 Å². The third kappa shape index (κ3) is 1.81. The highest BCUT2D eigenvalue weighted by molar-refractivity contribution is 5.83. The van der Waals surface area contributed by atoms with E-state index in [2.05, 4.69) is 4.74 Å². The van der Waals surface area contributed by atoms with Crippen LogP contribution in [-0.2, 0) is 14.3 Å². The quantitative estimate of drug-likeness (QED) is 0.545. The number of aliphatic hydroxyl groups is 2. The smallest absolute Gasteiger partial charge is 0.218 e. The summed E-state index contributed by atoms with van der Waals surface area (Å²) in [5.41, 5.74) is 0. The van der Waals surface area contributed by atoms with Crippen LogP contribution in [0.5, 0.6) is 0 Å². The minimum atomic E-state index is -0.939. The molecule has 0 aliphatic carbocycles. The van der Waals surface area contributed by atoms with E-state index in [-0.39, 0.29) is 18.8 Å². The number of rotatable bonds is 2. The molecule has 0 saturated carbocycles. The van der Waals surface area contributed by atoms with Crippen LogP contribution in [-0.4, -0.2) is 48.2 Å². The lowest BCUT2D eigenvalue weighted by Crippen LogP contribution is -2.47. The molecule has 3 atom stereocenters. The van der Waals surface area contributed by atoms with Crippen LogP contribution in [0.3, 0.4) is 0 Å². The van der Waals surface area contributed by atoms with Gasteiger partial charge in [0.2, 0.25) is 6.29 Å². The average Bonchev–Trinajstić information content (AvgIpc) is 2.05. The molecule has 0 amide bonds. The fraction of sp³-hybridized carbons (Fsp3) is 0.857. The molecule has 12 heavy (non-hydrogen) atoms. The lowest BCUT2D eigenvalue weighted by molar-refractivity contribution is -0.213. The van der Waals surface area contributed by atoms with Crippen molar-refractivity contribution in [1.82, 2.24) is 0 Å². The molecule has 0 spiro atoms. The van der Waals surface area contributed by atoms with Gasteiger partial charge in [-0.15, -0.1) is 0 Å². The molecule has 1 rings (SSSR count). The van der Waals surface area contributed by atoms with Gasteiger partial charge in [-0.05, 0) is 0 Å². The highest BCUT2D eigenvalue weighted by Gasteiger charge is 2.35. The fourth-order valence-electron chi connectivity index (χ4n) is 1.11. The van der Waals surface area contributed by atoms with Crippen molar-refractivity contribution in [2.75, 3.05) is 13.7 Å². The zero-order chi connectivity index (χ0) is 9.14. The van der Waals surface area contributed by atoms with E-state index >= 15 is 0 Å². The standard InChI is InChI=1S/C7H12O5/c1-11-7-5(10)2-4(9)6(3-8)12-7/h4,6-9H,2-3H2,1H3/t4-,6-,7+/m1/s1. The van der Waals surface area contributed by atoms with Gasteiger partial charge in [-0.25, -0.2) is 0 Å². The summed E-state index contributed by atoms with van der Waals surface area (Å²) in [6.45, 7) is -0.311. The molecule has 0 aromatic rings. The molecule has 5 heteroatoms. The Balaban J connectivity index is 2.56. The number of Topliss-reactive ketones (excluding diaryl/α,β-unsaturated/α-hetero) is 1. The first-order valence-electron chi connectivity index (χ1n) is 3.69. The van der Waals surface area contributed by atoms with Gasteiger partial charge in [0.25, 0.3) is 0 Å². The maximum Gasteiger partial charge on any atom is 0.218 e. The molecule has 0 aromatic heterocycles. The maximum absolute atomic E-state index is 11.0. The predicted octanol–water partition coefficient (Wildman–Crippen LogP) is -1.33. The van der Waals surface area contributed by atoms with Crippen LogP contribution in [0.15, 0.2) is 0 Å². The Morgan fingerprint density at radius 2 is 2.42 bits per heavy atom. The third-order valence-electron chi connectivity index (χ3n) is 1.79. The molecular weight excluding hydrogens is 164 g/mol. The number of hydrogen-bond acceptors (Lipinski definition) is 5. The van der Waals surface area contributed by atoms with E-state index in [9.17, 15) is 9.90 Å². The molecule has 70 valence electrons. The number of hydrogen-bond donors (Lipinski definition) is 2. The molecule has 1 aliphatic rings. The van der Waals surface area contributed by atoms with Crippen molar-refractivity contribution in [1.29, 1.82) is 0 Å². The summed E-state index contributed by atoms with van der Waals surface area (Å²) in [5, 5.41) is 17.9. The van der Waals surface area contributed by atoms with E-state index in [0.717, 1.165) is 0 Å². The molecule has 0 aromatic carbocycles. The minimum Gasteiger partial charge on any atom is -0.394 e. The number of aliphatic hydroxyl groups excluding tert-OH is 2. The highest BCUT2D eigenvalue weighted by atomic mass is 16.7. The zero-order valence-electron chi connectivity index (χ0n) is 6.77. The summed E-state index contributed by atoms with van der Waals surface area (Å²) < 4.78 is 9.63. The number of methoxy groups -OCH3 is 1. The molecule has 5 nitrogen and oxygen atoms in total. The van der Waals surface area contributed by atoms with Crippen molar-refractivity contribution in [3.63, 3.8) is 0 Å². The Morgan fingerprint density at radius 3 is 2.92 bits per heavy atom. The third-order valence-corrected chi connectivity index (χ3v) is 1.79. The van der Waals surface area contributed by atoms with Crippen molar-refractivity contribution in [3.05, 3.63) is 0 Å². The average molecular weight is 176 g/mol. The molecule has 0 bridgehead atoms. The van der Waals surface area contributed by atoms with Crippen LogP contribution < -0.4 is 0 Å². The number of carbonyl (C=O) groups is 1. The van der Waals surface area contributed by atoms with Crippen molar-refractivity contribution in [2.24, 2.45) is 0 Å². The van der Waals surface area contributed by atoms with Crippen LogP contribution in [0, 0.1) is 0 Å². The summed E-state index contributed by atoms with van der Waals surface area (Å²) in [7, 11) is 1.34. The second kappa shape index (κ2) is 3.95. The molecule has 1 heterocycles. The Bertz CT molecular complexity index is 169. The first-order valence-corrected chi connectivity index (χ1v) is 3.69. The second-order valence-corrected chi connectivity index (χ2v) is 2.66. The van der Waals surface area contributed by atoms with Crippen LogP contribution >= 0.6 is 0 Å². The van der Waals surface area contributed by atoms with Gasteiger partial charge in [0.1, 0.15) is 6.10 Å². The highest BCUT2D eigenvalue weighted by Crippen LogP contribution is 2.16. The first-order chi connectivity index (χ1) is 5.69. The summed E-state index contributed by atoms with van der Waals surface area (Å²) in [5.74, 6) is -0.297. The van der Waals surface area contributed by atoms with Gasteiger partial charge in [0.05, 0.1) is 12.7 Å². The topological polar surface area (TPSA) is 76.0 Å². The van der Waals surface area contributed by atoms with Crippen LogP contribution in [0.1, 0.15) is 6.42 Å². The maximum atomic E-state index is 11.0. The molecule has 0 unspecified atom stereocenters. The van der Waals surface area contributed by atoms with Gasteiger partial charge in [0.15, 0.2) is 5.78 Å². The summed E-state index contributed by atoms with van der Waals surface area (Å²) in [6, 6.07) is 0. The summed E-state index contributed by atoms with van der Waals surface area (Å²) in [4.78, 5) is 11.0. The number of ether oxygens (including phenoxy) is 2. The Morgan fingerprint density at radius 1 is 1.75 bits per heavy atom. The molecule has 2 N–H and O–H groups in total. The fourth-order valence-corrected chi connectivity index (χ4v) is 1.11. The molecule has 0 radical (unpaired) electrons. The van der Waals surface area contributed by atoms with Gasteiger partial charge in [-0.1, -0.05) is 0 Å². The van der Waals surface area contributed by atoms with E-state index in [1.54, 1.807) is 0 Å². The summed E-state index contributed by atoms with van der Waals surface area (Å²) in [6.07, 6.45) is -2.60. The van der Waals surface area contributed by atoms with Gasteiger partial charge in [-0.3, -0.25) is 4.79 Å². The van der Waals surface area contributed by atoms with E-state index < -0.39 is 18.5 Å². The van der Waals surface area contributed by atoms with E-state index in [4.69, 9.17) is 9.84 Å². The van der Waals surface area contributed by atoms with Crippen LogP contribution in [0.4, 0.5) is 0 Å². The van der Waals surface area contributed by atoms with Crippen molar-refractivity contribution < 1.29 is 24.5 Å². The van der Waals surface area contributed by atoms with E-state index in [1.165, 1.54) is 7.11 Å². The van der Waals surface area contributed by atoms with E-state index in [1.807, 2.05) is 0 Å². The number of carbonyl (C=O) groups excluding carboxylic acids is 1. The Labute approximate surface area is 69.9 Å². The lowest BCUT2D eigenvalue weighted by Gasteiger charge is -2.30. The van der Waals surface area contributed by atoms with Gasteiger partial charge in [0, 0.05) is 13.5 Å². The van der Waals surface area contributed by atoms with Crippen molar-refractivity contribution >= 4 is 5.78 Å². The number of ketones is 1. The second-order valence-electron chi connectivity index (χ2n) is 2.66. The first kappa shape index (κ1) is 9.60. The van der Waals surface area contributed by atoms with Crippen LogP contribution in [0.25, 0.3) is 0 Å². The van der Waals surface area contributed by atoms with Gasteiger partial charge < -0.3 is 19.7 Å². The zero-order valence-corrected chi connectivity index (χ0v) is 6.77. The monoisotopic (exact) mass is 176 g/mol. The SMILES string of the molecule is CO[C@H]1O[C@H](CO)[C@H](O)CC1=O. The molecule has 1 aliphatic heterocycles. The molecule has 1 saturated heterocycles. The van der Waals surface area contributed by atoms with Gasteiger partial charge >= 0.3 is 0 Å². The largest absolute Gasteiger partial charge is 0.394 e.